The van der Waals surface area contributed by atoms with Crippen molar-refractivity contribution in [1.82, 2.24) is 0 Å². The van der Waals surface area contributed by atoms with Gasteiger partial charge < -0.3 is 0 Å². The number of rotatable bonds is 0. The van der Waals surface area contributed by atoms with E-state index in [0.29, 0.717) is 0 Å². The van der Waals surface area contributed by atoms with Crippen LogP contribution in [0.5, 0.6) is 0 Å². The van der Waals surface area contributed by atoms with Gasteiger partial charge in [0.1, 0.15) is 0 Å². The molecule has 0 atom stereocenters. The fraction of sp³-hybridized carbons (Fsp3) is 0. The van der Waals surface area contributed by atoms with Crippen LogP contribution in [0, 0.1) is 0 Å². The maximum absolute atomic E-state index is 8.80. The molecule has 0 fully saturated rings. The second-order valence-corrected chi connectivity index (χ2v) is 1.71. The average Bonchev–Trinajstić information content (AvgIpc) is 0.722. The first kappa shape index (κ1) is 15.7. The van der Waals surface area contributed by atoms with Crippen LogP contribution in [0.2, 0.25) is 0 Å². The molecule has 0 spiro atoms. The van der Waals surface area contributed by atoms with Crippen LogP contribution in [0.3, 0.4) is 0 Å². The van der Waals surface area contributed by atoms with E-state index < -0.39 is 13.4 Å². The molecule has 0 aliphatic heterocycles. The Morgan fingerprint density at radius 3 is 1.14 bits per heavy atom. The van der Waals surface area contributed by atoms with E-state index in [0.717, 1.165) is 0 Å². The molecule has 0 heterocycles. The Morgan fingerprint density at radius 1 is 1.14 bits per heavy atom. The molecule has 0 saturated carbocycles. The Labute approximate surface area is 65.2 Å². The van der Waals surface area contributed by atoms with Crippen LogP contribution in [-0.4, -0.2) is 27.2 Å². The molecule has 0 aromatic rings. The summed E-state index contributed by atoms with van der Waals surface area (Å²) >= 11 is -5.12. The van der Waals surface area contributed by atoms with Gasteiger partial charge in [-0.3, -0.25) is 0 Å². The van der Waals surface area contributed by atoms with Crippen molar-refractivity contribution in [2.75, 3.05) is 0 Å². The van der Waals surface area contributed by atoms with Crippen LogP contribution in [0.4, 0.5) is 0 Å². The van der Waals surface area contributed by atoms with Crippen molar-refractivity contribution < 1.29 is 46.5 Å². The van der Waals surface area contributed by atoms with Gasteiger partial charge in [0.05, 0.1) is 0 Å². The monoisotopic (exact) mass is 185 g/mol. The molecular formula is H3FeLiMnO4. The molecule has 0 aromatic carbocycles. The van der Waals surface area contributed by atoms with Crippen molar-refractivity contribution in [3.05, 3.63) is 0 Å². The van der Waals surface area contributed by atoms with E-state index in [1.54, 1.807) is 0 Å². The van der Waals surface area contributed by atoms with Crippen molar-refractivity contribution in [3.63, 3.8) is 0 Å². The third-order valence-corrected chi connectivity index (χ3v) is 0. The van der Waals surface area contributed by atoms with Crippen molar-refractivity contribution in [2.24, 2.45) is 0 Å². The normalized spacial score (nSPS) is 8.29. The Kier molecular flexibility index (Phi) is 11.9. The molecule has 0 amide bonds. The summed E-state index contributed by atoms with van der Waals surface area (Å²) < 4.78 is 31.8. The van der Waals surface area contributed by atoms with E-state index >= 15 is 0 Å². The van der Waals surface area contributed by atoms with Gasteiger partial charge in [-0.1, -0.05) is 0 Å². The van der Waals surface area contributed by atoms with Crippen molar-refractivity contribution in [1.29, 1.82) is 0 Å². The fourth-order valence-electron chi connectivity index (χ4n) is 0. The second-order valence-electron chi connectivity index (χ2n) is 0.415. The Morgan fingerprint density at radius 2 is 1.14 bits per heavy atom. The molecule has 0 unspecified atom stereocenters. The maximum atomic E-state index is 8.80. The first-order chi connectivity index (χ1) is 2.00. The predicted molar refractivity (Wildman–Crippen MR) is 13.0 cm³/mol. The van der Waals surface area contributed by atoms with Gasteiger partial charge in [-0.25, -0.2) is 0 Å². The molecule has 0 aromatic heterocycles. The first-order valence-electron chi connectivity index (χ1n) is 0.647. The zero-order valence-corrected chi connectivity index (χ0v) is 4.73. The number of hydrogen-bond acceptors (Lipinski definition) is 2. The molecule has 7 heteroatoms. The van der Waals surface area contributed by atoms with E-state index in [2.05, 4.69) is 0 Å². The van der Waals surface area contributed by atoms with Crippen LogP contribution in [0.25, 0.3) is 0 Å². The van der Waals surface area contributed by atoms with Gasteiger partial charge in [0.15, 0.2) is 0 Å². The molecule has 4 nitrogen and oxygen atoms in total. The third kappa shape index (κ3) is 142. The molecule has 0 aliphatic carbocycles. The van der Waals surface area contributed by atoms with Crippen LogP contribution >= 0.6 is 0 Å². The number of hydrogen-bond donors (Lipinski definition) is 2. The van der Waals surface area contributed by atoms with Gasteiger partial charge in [0, 0.05) is 17.1 Å². The molecule has 0 aliphatic rings. The molecule has 7 heavy (non-hydrogen) atoms. The minimum atomic E-state index is -5.12. The van der Waals surface area contributed by atoms with Crippen LogP contribution in [0.1, 0.15) is 0 Å². The standard InChI is InChI=1S/Fe.Li.Mn.2H2O.2O.H/h;;;2*1H2;;;/q;;+2;;;;;/p-2. The zero-order valence-electron chi connectivity index (χ0n) is 2.44. The summed E-state index contributed by atoms with van der Waals surface area (Å²) in [4.78, 5) is 0. The summed E-state index contributed by atoms with van der Waals surface area (Å²) in [6.07, 6.45) is 0. The van der Waals surface area contributed by atoms with Crippen molar-refractivity contribution in [3.8, 4) is 0 Å². The summed E-state index contributed by atoms with van der Waals surface area (Å²) in [5.74, 6) is 0. The molecule has 0 radical (unpaired) electrons. The molecule has 0 saturated heterocycles. The van der Waals surface area contributed by atoms with Gasteiger partial charge >= 0.3 is 48.3 Å². The van der Waals surface area contributed by atoms with Gasteiger partial charge in [-0.05, 0) is 0 Å². The summed E-state index contributed by atoms with van der Waals surface area (Å²) in [5.41, 5.74) is 0. The molecule has 0 bridgehead atoms. The Hall–Kier alpha value is 1.16. The average molecular weight is 185 g/mol. The summed E-state index contributed by atoms with van der Waals surface area (Å²) in [6, 6.07) is 0. The van der Waals surface area contributed by atoms with Crippen LogP contribution in [-0.2, 0) is 38.1 Å². The second kappa shape index (κ2) is 5.30. The molecule has 0 rings (SSSR count). The van der Waals surface area contributed by atoms with Gasteiger partial charge in [0.25, 0.3) is 0 Å². The first-order valence-corrected chi connectivity index (χ1v) is 2.67. The van der Waals surface area contributed by atoms with Crippen molar-refractivity contribution >= 4 is 18.9 Å². The summed E-state index contributed by atoms with van der Waals surface area (Å²) in [7, 11) is 0. The molecule has 43 valence electrons. The van der Waals surface area contributed by atoms with E-state index in [4.69, 9.17) is 16.0 Å². The van der Waals surface area contributed by atoms with E-state index in [-0.39, 0.29) is 35.9 Å². The third-order valence-electron chi connectivity index (χ3n) is 0. The fourth-order valence-corrected chi connectivity index (χ4v) is 0. The Balaban J connectivity index is -0.0000000800. The molecular weight excluding hydrogens is 182 g/mol. The quantitative estimate of drug-likeness (QED) is 0.427. The summed E-state index contributed by atoms with van der Waals surface area (Å²) in [6.45, 7) is 0. The van der Waals surface area contributed by atoms with Crippen LogP contribution in [0.15, 0.2) is 0 Å². The predicted octanol–water partition coefficient (Wildman–Crippen LogP) is -2.01. The SMILES string of the molecule is [Fe].[LiH].[O]=[Mn](=[O])([OH])[OH]. The van der Waals surface area contributed by atoms with Gasteiger partial charge in [-0.2, -0.15) is 0 Å². The Bertz CT molecular complexity index is 94.9. The topological polar surface area (TPSA) is 74.6 Å². The zero-order chi connectivity index (χ0) is 4.50. The van der Waals surface area contributed by atoms with Crippen molar-refractivity contribution in [2.45, 2.75) is 0 Å². The molecule has 2 N–H and O–H groups in total. The van der Waals surface area contributed by atoms with E-state index in [1.165, 1.54) is 0 Å². The van der Waals surface area contributed by atoms with Gasteiger partial charge in [0.2, 0.25) is 0 Å². The van der Waals surface area contributed by atoms with E-state index in [9.17, 15) is 0 Å². The minimum absolute atomic E-state index is 0. The van der Waals surface area contributed by atoms with E-state index in [1.807, 2.05) is 0 Å². The summed E-state index contributed by atoms with van der Waals surface area (Å²) in [5, 5.41) is 0. The van der Waals surface area contributed by atoms with Crippen LogP contribution < -0.4 is 0 Å². The van der Waals surface area contributed by atoms with Gasteiger partial charge in [-0.15, -0.1) is 0 Å².